The van der Waals surface area contributed by atoms with E-state index in [9.17, 15) is 14.7 Å². The predicted molar refractivity (Wildman–Crippen MR) is 227 cm³/mol. The number of fused-ring (bicyclic) bond motifs is 4. The summed E-state index contributed by atoms with van der Waals surface area (Å²) in [4.78, 5) is 60.9. The first-order chi connectivity index (χ1) is 28.6. The molecule has 1 saturated carbocycles. The zero-order valence-corrected chi connectivity index (χ0v) is 33.1. The van der Waals surface area contributed by atoms with Gasteiger partial charge in [0.1, 0.15) is 17.2 Å². The van der Waals surface area contributed by atoms with Gasteiger partial charge in [0.15, 0.2) is 11.6 Å². The fourth-order valence-electron chi connectivity index (χ4n) is 10.1. The minimum Gasteiger partial charge on any atom is -0.508 e. The second kappa shape index (κ2) is 15.0. The Morgan fingerprint density at radius 3 is 2.20 bits per heavy atom. The van der Waals surface area contributed by atoms with E-state index in [4.69, 9.17) is 21.1 Å². The van der Waals surface area contributed by atoms with Crippen molar-refractivity contribution >= 4 is 58.4 Å². The van der Waals surface area contributed by atoms with Gasteiger partial charge < -0.3 is 14.6 Å². The number of methoxy groups -OCH3 is 2. The number of rotatable bonds is 8. The first-order valence-electron chi connectivity index (χ1n) is 19.6. The lowest BCUT2D eigenvalue weighted by molar-refractivity contribution is -0.135. The second-order valence-corrected chi connectivity index (χ2v) is 15.9. The molecule has 0 spiro atoms. The number of anilines is 1. The molecule has 6 unspecified atom stereocenters. The number of carbonyl (C=O) groups is 4. The van der Waals surface area contributed by atoms with Crippen molar-refractivity contribution in [1.29, 1.82) is 0 Å². The number of nitrogens with zero attached hydrogens (tertiary/aromatic N) is 1. The van der Waals surface area contributed by atoms with Crippen LogP contribution in [0.5, 0.6) is 17.2 Å². The summed E-state index contributed by atoms with van der Waals surface area (Å²) in [6, 6.07) is 36.0. The van der Waals surface area contributed by atoms with Crippen LogP contribution in [-0.2, 0) is 24.6 Å². The summed E-state index contributed by atoms with van der Waals surface area (Å²) in [6.45, 7) is 0. The molecule has 1 saturated heterocycles. The zero-order chi connectivity index (χ0) is 41.0. The van der Waals surface area contributed by atoms with Gasteiger partial charge in [0.05, 0.1) is 37.2 Å². The quantitative estimate of drug-likeness (QED) is 0.0947. The number of carbonyl (C=O) groups excluding carboxylic acids is 4. The highest BCUT2D eigenvalue weighted by atomic mass is 35.5. The number of aromatic hydroxyl groups is 1. The fraction of sp³-hybridized carbons (Fsp3) is 0.200. The van der Waals surface area contributed by atoms with E-state index in [2.05, 4.69) is 0 Å². The number of ketones is 2. The molecule has 1 aliphatic heterocycles. The van der Waals surface area contributed by atoms with E-state index in [1.165, 1.54) is 23.1 Å². The largest absolute Gasteiger partial charge is 0.508 e. The van der Waals surface area contributed by atoms with Crippen LogP contribution in [0.15, 0.2) is 139 Å². The minimum absolute atomic E-state index is 0.0415. The minimum atomic E-state index is -1.42. The average Bonchev–Trinajstić information content (AvgIpc) is 3.52. The summed E-state index contributed by atoms with van der Waals surface area (Å²) in [5.41, 5.74) is 3.69. The maximum Gasteiger partial charge on any atom is 0.238 e. The van der Waals surface area contributed by atoms with Crippen LogP contribution in [0, 0.1) is 23.7 Å². The Balaban J connectivity index is 1.13. The number of hydrogen-bond donors (Lipinski definition) is 1. The molecular weight excluding hydrogens is 762 g/mol. The molecule has 1 heterocycles. The SMILES string of the molecule is COc1ccc(OC)c(C=Cc2ccc(N3C(=O)C4CC=C5C(CC6C(=O)C(c7ccccc7)=CC(=O)C6(c6ccccc6)C5c5ccc(O)cc5Cl)C4C3=O)cc2)c1. The maximum atomic E-state index is 15.2. The van der Waals surface area contributed by atoms with Crippen molar-refractivity contribution in [2.45, 2.75) is 24.2 Å². The molecule has 0 aromatic heterocycles. The highest BCUT2D eigenvalue weighted by Crippen LogP contribution is 2.64. The third-order valence-corrected chi connectivity index (χ3v) is 13.0. The third-order valence-electron chi connectivity index (χ3n) is 12.7. The smallest absolute Gasteiger partial charge is 0.238 e. The number of benzene rings is 5. The van der Waals surface area contributed by atoms with E-state index < -0.39 is 35.0 Å². The molecule has 8 nitrogen and oxygen atoms in total. The monoisotopic (exact) mass is 801 g/mol. The molecule has 2 fully saturated rings. The standard InChI is InChI=1S/C50H40ClNO7/c1-58-35-20-24-43(59-2)31(25-35)16-13-29-14-17-33(18-15-29)52-48(56)38-23-22-36-40(45(38)49(52)57)27-41-47(55)39(30-9-5-3-6-10-30)28-44(54)50(41,32-11-7-4-8-12-32)46(36)37-21-19-34(53)26-42(37)51/h3-22,24-26,28,38,40-41,45-46,53H,23,27H2,1-2H3. The summed E-state index contributed by atoms with van der Waals surface area (Å²) in [5, 5.41) is 10.7. The van der Waals surface area contributed by atoms with Gasteiger partial charge in [-0.2, -0.15) is 0 Å². The number of halogens is 1. The highest BCUT2D eigenvalue weighted by Gasteiger charge is 2.66. The van der Waals surface area contributed by atoms with Gasteiger partial charge in [0.25, 0.3) is 0 Å². The van der Waals surface area contributed by atoms with Gasteiger partial charge in [-0.15, -0.1) is 0 Å². The molecule has 6 atom stereocenters. The van der Waals surface area contributed by atoms with Crippen molar-refractivity contribution < 1.29 is 33.8 Å². The molecule has 0 radical (unpaired) electrons. The second-order valence-electron chi connectivity index (χ2n) is 15.5. The topological polar surface area (TPSA) is 110 Å². The van der Waals surface area contributed by atoms with Crippen molar-refractivity contribution in [3.63, 3.8) is 0 Å². The lowest BCUT2D eigenvalue weighted by Crippen LogP contribution is -2.58. The van der Waals surface area contributed by atoms with Crippen molar-refractivity contribution in [1.82, 2.24) is 0 Å². The van der Waals surface area contributed by atoms with Gasteiger partial charge >= 0.3 is 0 Å². The molecule has 4 aliphatic rings. The van der Waals surface area contributed by atoms with Gasteiger partial charge in [-0.25, -0.2) is 0 Å². The summed E-state index contributed by atoms with van der Waals surface area (Å²) in [6.07, 6.45) is 7.76. The number of allylic oxidation sites excluding steroid dienone is 4. The number of ether oxygens (including phenoxy) is 2. The molecular formula is C50H40ClNO7. The van der Waals surface area contributed by atoms with E-state index in [0.29, 0.717) is 39.4 Å². The number of hydrogen-bond acceptors (Lipinski definition) is 7. The van der Waals surface area contributed by atoms with Gasteiger partial charge in [-0.1, -0.05) is 114 Å². The molecule has 294 valence electrons. The van der Waals surface area contributed by atoms with Crippen LogP contribution in [0.3, 0.4) is 0 Å². The molecule has 1 N–H and O–H groups in total. The van der Waals surface area contributed by atoms with E-state index >= 15 is 9.59 Å². The van der Waals surface area contributed by atoms with Crippen LogP contribution in [0.1, 0.15) is 46.6 Å². The first-order valence-corrected chi connectivity index (χ1v) is 20.0. The molecule has 9 rings (SSSR count). The summed E-state index contributed by atoms with van der Waals surface area (Å²) in [7, 11) is 3.21. The fourth-order valence-corrected chi connectivity index (χ4v) is 10.4. The molecule has 59 heavy (non-hydrogen) atoms. The number of phenolic OH excluding ortho intramolecular Hbond substituents is 1. The lowest BCUT2D eigenvalue weighted by atomic mass is 9.44. The Kier molecular flexibility index (Phi) is 9.68. The summed E-state index contributed by atoms with van der Waals surface area (Å²) < 4.78 is 10.9. The van der Waals surface area contributed by atoms with Gasteiger partial charge in [-0.05, 0) is 89.6 Å². The maximum absolute atomic E-state index is 15.2. The van der Waals surface area contributed by atoms with Crippen LogP contribution in [0.4, 0.5) is 5.69 Å². The number of phenols is 1. The van der Waals surface area contributed by atoms with Crippen molar-refractivity contribution in [2.75, 3.05) is 19.1 Å². The third kappa shape index (κ3) is 6.13. The zero-order valence-electron chi connectivity index (χ0n) is 32.4. The molecule has 9 heteroatoms. The predicted octanol–water partition coefficient (Wildman–Crippen LogP) is 9.26. The Bertz CT molecular complexity index is 2620. The Morgan fingerprint density at radius 2 is 1.51 bits per heavy atom. The molecule has 5 aromatic carbocycles. The van der Waals surface area contributed by atoms with Crippen LogP contribution in [0.2, 0.25) is 5.02 Å². The number of Topliss-reactive ketones (excluding diaryl/α,β-unsaturated/α-hetero) is 1. The lowest BCUT2D eigenvalue weighted by Gasteiger charge is -2.55. The molecule has 2 amide bonds. The van der Waals surface area contributed by atoms with Crippen molar-refractivity contribution in [3.05, 3.63) is 172 Å². The van der Waals surface area contributed by atoms with Gasteiger partial charge in [0, 0.05) is 28.0 Å². The first kappa shape index (κ1) is 38.0. The van der Waals surface area contributed by atoms with Crippen molar-refractivity contribution in [3.8, 4) is 17.2 Å². The molecule has 5 aromatic rings. The summed E-state index contributed by atoms with van der Waals surface area (Å²) >= 11 is 7.00. The van der Waals surface area contributed by atoms with Crippen LogP contribution >= 0.6 is 11.6 Å². The Hall–Kier alpha value is -6.51. The Labute approximate surface area is 347 Å². The van der Waals surface area contributed by atoms with Crippen LogP contribution in [-0.4, -0.2) is 42.7 Å². The normalized spacial score (nSPS) is 24.9. The number of amides is 2. The Morgan fingerprint density at radius 1 is 0.780 bits per heavy atom. The van der Waals surface area contributed by atoms with E-state index in [0.717, 1.165) is 16.7 Å². The van der Waals surface area contributed by atoms with Crippen molar-refractivity contribution in [2.24, 2.45) is 23.7 Å². The average molecular weight is 802 g/mol. The van der Waals surface area contributed by atoms with Gasteiger partial charge in [-0.3, -0.25) is 24.1 Å². The molecule has 0 bridgehead atoms. The highest BCUT2D eigenvalue weighted by molar-refractivity contribution is 6.33. The number of imide groups is 1. The molecule has 3 aliphatic carbocycles. The van der Waals surface area contributed by atoms with E-state index in [1.54, 1.807) is 32.4 Å². The van der Waals surface area contributed by atoms with E-state index in [-0.39, 0.29) is 47.0 Å². The summed E-state index contributed by atoms with van der Waals surface area (Å²) in [5.74, 6) is -3.41. The van der Waals surface area contributed by atoms with Crippen LogP contribution in [0.25, 0.3) is 17.7 Å². The van der Waals surface area contributed by atoms with Gasteiger partial charge in [0.2, 0.25) is 11.8 Å². The van der Waals surface area contributed by atoms with Crippen LogP contribution < -0.4 is 14.4 Å². The van der Waals surface area contributed by atoms with E-state index in [1.807, 2.05) is 109 Å².